The van der Waals surface area contributed by atoms with Crippen molar-refractivity contribution in [3.63, 3.8) is 0 Å². The summed E-state index contributed by atoms with van der Waals surface area (Å²) in [6.07, 6.45) is 3.30. The van der Waals surface area contributed by atoms with E-state index in [1.165, 1.54) is 4.31 Å². The van der Waals surface area contributed by atoms with Gasteiger partial charge in [-0.25, -0.2) is 8.42 Å². The van der Waals surface area contributed by atoms with Crippen LogP contribution in [-0.4, -0.2) is 39.2 Å². The molecule has 6 nitrogen and oxygen atoms in total. The molecule has 2 heterocycles. The van der Waals surface area contributed by atoms with Crippen molar-refractivity contribution in [2.75, 3.05) is 28.5 Å². The van der Waals surface area contributed by atoms with Gasteiger partial charge in [0.25, 0.3) is 0 Å². The van der Waals surface area contributed by atoms with Crippen molar-refractivity contribution >= 4 is 39.7 Å². The maximum atomic E-state index is 12.0. The van der Waals surface area contributed by atoms with Crippen molar-refractivity contribution in [2.45, 2.75) is 31.7 Å². The predicted octanol–water partition coefficient (Wildman–Crippen LogP) is 1.73. The first-order valence-electron chi connectivity index (χ1n) is 7.68. The molecule has 1 unspecified atom stereocenters. The van der Waals surface area contributed by atoms with E-state index in [9.17, 15) is 13.2 Å². The number of rotatable bonds is 4. The van der Waals surface area contributed by atoms with Gasteiger partial charge in [-0.15, -0.1) is 12.4 Å². The molecule has 2 N–H and O–H groups in total. The standard InChI is InChI=1S/C15H21N3O3S.ClH/c19-15(11-13-3-1-8-16-13)17-12-4-6-14(7-5-12)18-9-2-10-22(18,20)21;/h4-7,13,16H,1-3,8-11H2,(H,17,19);1H. The lowest BCUT2D eigenvalue weighted by molar-refractivity contribution is -0.116. The molecule has 2 aliphatic rings. The number of benzene rings is 1. The number of nitrogens with one attached hydrogen (secondary N) is 2. The molecule has 1 aromatic rings. The molecule has 3 rings (SSSR count). The largest absolute Gasteiger partial charge is 0.326 e. The zero-order valence-corrected chi connectivity index (χ0v) is 14.5. The maximum Gasteiger partial charge on any atom is 0.235 e. The molecular formula is C15H22ClN3O3S. The molecule has 2 saturated heterocycles. The number of nitrogens with zero attached hydrogens (tertiary/aromatic N) is 1. The Morgan fingerprint density at radius 1 is 1.26 bits per heavy atom. The lowest BCUT2D eigenvalue weighted by Gasteiger charge is -2.17. The molecular weight excluding hydrogens is 338 g/mol. The van der Waals surface area contributed by atoms with Crippen molar-refractivity contribution in [1.29, 1.82) is 0 Å². The van der Waals surface area contributed by atoms with E-state index in [0.29, 0.717) is 30.8 Å². The Morgan fingerprint density at radius 3 is 2.57 bits per heavy atom. The topological polar surface area (TPSA) is 78.5 Å². The molecule has 2 fully saturated rings. The first-order chi connectivity index (χ1) is 10.5. The highest BCUT2D eigenvalue weighted by atomic mass is 35.5. The minimum atomic E-state index is -3.15. The SMILES string of the molecule is Cl.O=C(CC1CCCN1)Nc1ccc(N2CCCS2(=O)=O)cc1. The fourth-order valence-electron chi connectivity index (χ4n) is 3.01. The number of halogens is 1. The van der Waals surface area contributed by atoms with E-state index in [4.69, 9.17) is 0 Å². The number of carbonyl (C=O) groups is 1. The van der Waals surface area contributed by atoms with E-state index in [2.05, 4.69) is 10.6 Å². The van der Waals surface area contributed by atoms with E-state index in [0.717, 1.165) is 19.4 Å². The van der Waals surface area contributed by atoms with Crippen LogP contribution in [0.25, 0.3) is 0 Å². The molecule has 0 aromatic heterocycles. The minimum Gasteiger partial charge on any atom is -0.326 e. The highest BCUT2D eigenvalue weighted by Crippen LogP contribution is 2.25. The van der Waals surface area contributed by atoms with Crippen LogP contribution < -0.4 is 14.9 Å². The summed E-state index contributed by atoms with van der Waals surface area (Å²) in [4.78, 5) is 12.0. The Morgan fingerprint density at radius 2 is 2.00 bits per heavy atom. The second kappa shape index (κ2) is 7.51. The smallest absolute Gasteiger partial charge is 0.235 e. The Labute approximate surface area is 143 Å². The average molecular weight is 360 g/mol. The molecule has 0 bridgehead atoms. The molecule has 1 atom stereocenters. The maximum absolute atomic E-state index is 12.0. The molecule has 1 amide bonds. The zero-order valence-electron chi connectivity index (χ0n) is 12.8. The van der Waals surface area contributed by atoms with Crippen LogP contribution in [0.5, 0.6) is 0 Å². The van der Waals surface area contributed by atoms with Crippen LogP contribution in [0.4, 0.5) is 11.4 Å². The highest BCUT2D eigenvalue weighted by Gasteiger charge is 2.28. The third kappa shape index (κ3) is 4.37. The van der Waals surface area contributed by atoms with Crippen molar-refractivity contribution in [3.05, 3.63) is 24.3 Å². The summed E-state index contributed by atoms with van der Waals surface area (Å²) in [7, 11) is -3.15. The lowest BCUT2D eigenvalue weighted by Crippen LogP contribution is -2.27. The molecule has 0 aliphatic carbocycles. The summed E-state index contributed by atoms with van der Waals surface area (Å²) >= 11 is 0. The Kier molecular flexibility index (Phi) is 5.89. The van der Waals surface area contributed by atoms with Crippen molar-refractivity contribution in [1.82, 2.24) is 5.32 Å². The number of sulfonamides is 1. The monoisotopic (exact) mass is 359 g/mol. The minimum absolute atomic E-state index is 0. The fraction of sp³-hybridized carbons (Fsp3) is 0.533. The van der Waals surface area contributed by atoms with E-state index in [1.54, 1.807) is 24.3 Å². The van der Waals surface area contributed by atoms with Crippen LogP contribution in [0.15, 0.2) is 24.3 Å². The van der Waals surface area contributed by atoms with Crippen LogP contribution in [0.2, 0.25) is 0 Å². The van der Waals surface area contributed by atoms with Crippen LogP contribution >= 0.6 is 12.4 Å². The first-order valence-corrected chi connectivity index (χ1v) is 9.29. The van der Waals surface area contributed by atoms with Gasteiger partial charge in [0.1, 0.15) is 0 Å². The van der Waals surface area contributed by atoms with Gasteiger partial charge >= 0.3 is 0 Å². The van der Waals surface area contributed by atoms with Crippen molar-refractivity contribution < 1.29 is 13.2 Å². The van der Waals surface area contributed by atoms with Gasteiger partial charge in [-0.05, 0) is 50.1 Å². The second-order valence-corrected chi connectivity index (χ2v) is 7.85. The number of carbonyl (C=O) groups excluding carboxylic acids is 1. The summed E-state index contributed by atoms with van der Waals surface area (Å²) in [5.74, 6) is 0.195. The number of hydrogen-bond donors (Lipinski definition) is 2. The van der Waals surface area contributed by atoms with Crippen molar-refractivity contribution in [2.24, 2.45) is 0 Å². The van der Waals surface area contributed by atoms with Crippen molar-refractivity contribution in [3.8, 4) is 0 Å². The quantitative estimate of drug-likeness (QED) is 0.858. The fourth-order valence-corrected chi connectivity index (χ4v) is 4.57. The van der Waals surface area contributed by atoms with Gasteiger partial charge in [0.2, 0.25) is 15.9 Å². The molecule has 0 spiro atoms. The normalized spacial score (nSPS) is 22.6. The van der Waals surface area contributed by atoms with Gasteiger partial charge in [0, 0.05) is 24.7 Å². The molecule has 2 aliphatic heterocycles. The molecule has 1 aromatic carbocycles. The van der Waals surface area contributed by atoms with Gasteiger partial charge in [0.15, 0.2) is 0 Å². The van der Waals surface area contributed by atoms with Crippen LogP contribution in [0, 0.1) is 0 Å². The Bertz CT molecular complexity index is 642. The predicted molar refractivity (Wildman–Crippen MR) is 93.7 cm³/mol. The molecule has 23 heavy (non-hydrogen) atoms. The number of hydrogen-bond acceptors (Lipinski definition) is 4. The van der Waals surface area contributed by atoms with E-state index >= 15 is 0 Å². The highest BCUT2D eigenvalue weighted by molar-refractivity contribution is 7.93. The molecule has 8 heteroatoms. The average Bonchev–Trinajstić information content (AvgIpc) is 3.09. The lowest BCUT2D eigenvalue weighted by atomic mass is 10.1. The van der Waals surface area contributed by atoms with Gasteiger partial charge < -0.3 is 10.6 Å². The molecule has 0 saturated carbocycles. The van der Waals surface area contributed by atoms with Gasteiger partial charge in [0.05, 0.1) is 11.4 Å². The second-order valence-electron chi connectivity index (χ2n) is 5.83. The summed E-state index contributed by atoms with van der Waals surface area (Å²) in [6, 6.07) is 7.26. The zero-order chi connectivity index (χ0) is 15.6. The van der Waals surface area contributed by atoms with Crippen LogP contribution in [0.3, 0.4) is 0 Å². The summed E-state index contributed by atoms with van der Waals surface area (Å²) in [5, 5.41) is 6.15. The van der Waals surface area contributed by atoms with E-state index in [1.807, 2.05) is 0 Å². The van der Waals surface area contributed by atoms with Crippen LogP contribution in [-0.2, 0) is 14.8 Å². The third-order valence-corrected chi connectivity index (χ3v) is 6.00. The van der Waals surface area contributed by atoms with Crippen LogP contribution in [0.1, 0.15) is 25.7 Å². The van der Waals surface area contributed by atoms with Gasteiger partial charge in [-0.1, -0.05) is 0 Å². The summed E-state index contributed by atoms with van der Waals surface area (Å²) in [6.45, 7) is 1.51. The van der Waals surface area contributed by atoms with Gasteiger partial charge in [-0.2, -0.15) is 0 Å². The Balaban J connectivity index is 0.00000192. The van der Waals surface area contributed by atoms with E-state index in [-0.39, 0.29) is 30.1 Å². The van der Waals surface area contributed by atoms with Gasteiger partial charge in [-0.3, -0.25) is 9.10 Å². The molecule has 128 valence electrons. The van der Waals surface area contributed by atoms with E-state index < -0.39 is 10.0 Å². The Hall–Kier alpha value is -1.31. The number of anilines is 2. The molecule has 0 radical (unpaired) electrons. The third-order valence-electron chi connectivity index (χ3n) is 4.13. The number of amides is 1. The summed E-state index contributed by atoms with van der Waals surface area (Å²) in [5.41, 5.74) is 1.36. The first kappa shape index (κ1) is 18.0. The summed E-state index contributed by atoms with van der Waals surface area (Å²) < 4.78 is 25.2.